The van der Waals surface area contributed by atoms with Crippen molar-refractivity contribution in [3.05, 3.63) is 23.8 Å². The zero-order valence-corrected chi connectivity index (χ0v) is 10.4. The molecule has 0 aromatic heterocycles. The van der Waals surface area contributed by atoms with Crippen LogP contribution in [-0.2, 0) is 11.2 Å². The van der Waals surface area contributed by atoms with Crippen molar-refractivity contribution in [3.63, 3.8) is 0 Å². The molecule has 18 heavy (non-hydrogen) atoms. The largest absolute Gasteiger partial charge is 0.493 e. The molecule has 0 bridgehead atoms. The van der Waals surface area contributed by atoms with Crippen LogP contribution in [-0.4, -0.2) is 30.8 Å². The Kier molecular flexibility index (Phi) is 2.65. The van der Waals surface area contributed by atoms with Crippen molar-refractivity contribution in [2.24, 2.45) is 5.92 Å². The highest BCUT2D eigenvalue weighted by Crippen LogP contribution is 2.36. The van der Waals surface area contributed by atoms with E-state index in [1.165, 1.54) is 5.56 Å². The lowest BCUT2D eigenvalue weighted by atomic mass is 9.79. The summed E-state index contributed by atoms with van der Waals surface area (Å²) in [4.78, 5) is 13.0. The highest BCUT2D eigenvalue weighted by Gasteiger charge is 2.37. The molecule has 1 aromatic carbocycles. The Balaban J connectivity index is 1.70. The van der Waals surface area contributed by atoms with E-state index in [0.29, 0.717) is 6.04 Å². The SMILES string of the molecule is CN(c1ccc2c(c1)CCO2)C1CC(C(=O)O)C1. The zero-order valence-electron chi connectivity index (χ0n) is 10.4. The molecule has 1 aromatic rings. The van der Waals surface area contributed by atoms with Crippen molar-refractivity contribution < 1.29 is 14.6 Å². The Morgan fingerprint density at radius 1 is 1.44 bits per heavy atom. The van der Waals surface area contributed by atoms with Crippen molar-refractivity contribution in [1.29, 1.82) is 0 Å². The first kappa shape index (κ1) is 11.4. The van der Waals surface area contributed by atoms with Crippen LogP contribution in [0.3, 0.4) is 0 Å². The molecule has 1 aliphatic carbocycles. The first-order valence-electron chi connectivity index (χ1n) is 6.36. The highest BCUT2D eigenvalue weighted by atomic mass is 16.5. The van der Waals surface area contributed by atoms with Crippen LogP contribution in [0.2, 0.25) is 0 Å². The molecule has 0 radical (unpaired) electrons. The van der Waals surface area contributed by atoms with Crippen molar-refractivity contribution in [2.45, 2.75) is 25.3 Å². The molecular formula is C14H17NO3. The minimum absolute atomic E-state index is 0.157. The smallest absolute Gasteiger partial charge is 0.306 e. The lowest BCUT2D eigenvalue weighted by Crippen LogP contribution is -2.45. The van der Waals surface area contributed by atoms with Gasteiger partial charge in [-0.2, -0.15) is 0 Å². The first-order valence-corrected chi connectivity index (χ1v) is 6.36. The fourth-order valence-corrected chi connectivity index (χ4v) is 2.71. The third kappa shape index (κ3) is 1.82. The van der Waals surface area contributed by atoms with Gasteiger partial charge in [-0.3, -0.25) is 4.79 Å². The number of aliphatic carboxylic acids is 1. The van der Waals surface area contributed by atoms with Crippen LogP contribution in [0.5, 0.6) is 5.75 Å². The number of benzene rings is 1. The van der Waals surface area contributed by atoms with Crippen LogP contribution < -0.4 is 9.64 Å². The summed E-state index contributed by atoms with van der Waals surface area (Å²) in [5.41, 5.74) is 2.42. The third-order valence-corrected chi connectivity index (χ3v) is 4.09. The van der Waals surface area contributed by atoms with E-state index in [-0.39, 0.29) is 5.92 Å². The molecule has 0 atom stereocenters. The Morgan fingerprint density at radius 2 is 2.22 bits per heavy atom. The number of ether oxygens (including phenoxy) is 1. The lowest BCUT2D eigenvalue weighted by molar-refractivity contribution is -0.145. The lowest BCUT2D eigenvalue weighted by Gasteiger charge is -2.40. The van der Waals surface area contributed by atoms with Gasteiger partial charge in [0, 0.05) is 25.2 Å². The monoisotopic (exact) mass is 247 g/mol. The quantitative estimate of drug-likeness (QED) is 0.886. The Bertz CT molecular complexity index is 480. The second-order valence-electron chi connectivity index (χ2n) is 5.16. The molecule has 2 aliphatic rings. The molecule has 0 amide bonds. The van der Waals surface area contributed by atoms with Gasteiger partial charge >= 0.3 is 5.97 Å². The summed E-state index contributed by atoms with van der Waals surface area (Å²) in [6.07, 6.45) is 2.47. The molecule has 1 aliphatic heterocycles. The molecule has 1 N–H and O–H groups in total. The number of carbonyl (C=O) groups is 1. The summed E-state index contributed by atoms with van der Waals surface area (Å²) >= 11 is 0. The van der Waals surface area contributed by atoms with Crippen molar-refractivity contribution in [2.75, 3.05) is 18.6 Å². The average Bonchev–Trinajstić information content (AvgIpc) is 2.72. The van der Waals surface area contributed by atoms with E-state index in [2.05, 4.69) is 17.0 Å². The molecule has 1 fully saturated rings. The molecule has 0 spiro atoms. The van der Waals surface area contributed by atoms with Crippen molar-refractivity contribution >= 4 is 11.7 Å². The predicted octanol–water partition coefficient (Wildman–Crippen LogP) is 1.92. The van der Waals surface area contributed by atoms with Gasteiger partial charge in [0.15, 0.2) is 0 Å². The van der Waals surface area contributed by atoms with E-state index in [9.17, 15) is 4.79 Å². The molecule has 3 rings (SSSR count). The number of anilines is 1. The van der Waals surface area contributed by atoms with Crippen molar-refractivity contribution in [1.82, 2.24) is 0 Å². The molecular weight excluding hydrogens is 230 g/mol. The van der Waals surface area contributed by atoms with Gasteiger partial charge in [0.05, 0.1) is 12.5 Å². The zero-order chi connectivity index (χ0) is 12.7. The number of hydrogen-bond acceptors (Lipinski definition) is 3. The van der Waals surface area contributed by atoms with Gasteiger partial charge in [-0.1, -0.05) is 0 Å². The van der Waals surface area contributed by atoms with Crippen LogP contribution in [0, 0.1) is 5.92 Å². The minimum Gasteiger partial charge on any atom is -0.493 e. The second kappa shape index (κ2) is 4.19. The summed E-state index contributed by atoms with van der Waals surface area (Å²) in [5.74, 6) is 0.168. The normalized spacial score (nSPS) is 24.9. The number of hydrogen-bond donors (Lipinski definition) is 1. The molecule has 0 unspecified atom stereocenters. The van der Waals surface area contributed by atoms with Gasteiger partial charge in [0.1, 0.15) is 5.75 Å². The topological polar surface area (TPSA) is 49.8 Å². The van der Waals surface area contributed by atoms with E-state index >= 15 is 0 Å². The maximum Gasteiger partial charge on any atom is 0.306 e. The summed E-state index contributed by atoms with van der Waals surface area (Å²) in [7, 11) is 2.04. The molecule has 1 heterocycles. The number of carboxylic acid groups (broad SMARTS) is 1. The Labute approximate surface area is 106 Å². The molecule has 4 nitrogen and oxygen atoms in total. The maximum absolute atomic E-state index is 10.8. The number of fused-ring (bicyclic) bond motifs is 1. The summed E-state index contributed by atoms with van der Waals surface area (Å²) < 4.78 is 5.49. The van der Waals surface area contributed by atoms with Crippen LogP contribution in [0.15, 0.2) is 18.2 Å². The van der Waals surface area contributed by atoms with Gasteiger partial charge in [0.2, 0.25) is 0 Å². The highest BCUT2D eigenvalue weighted by molar-refractivity contribution is 5.72. The van der Waals surface area contributed by atoms with E-state index in [1.807, 2.05) is 13.1 Å². The fourth-order valence-electron chi connectivity index (χ4n) is 2.71. The summed E-state index contributed by atoms with van der Waals surface area (Å²) in [5, 5.41) is 8.90. The van der Waals surface area contributed by atoms with Gasteiger partial charge in [-0.25, -0.2) is 0 Å². The summed E-state index contributed by atoms with van der Waals surface area (Å²) in [6.45, 7) is 0.771. The van der Waals surface area contributed by atoms with E-state index in [1.54, 1.807) is 0 Å². The Hall–Kier alpha value is -1.71. The number of nitrogens with zero attached hydrogens (tertiary/aromatic N) is 1. The molecule has 96 valence electrons. The average molecular weight is 247 g/mol. The van der Waals surface area contributed by atoms with Crippen LogP contribution in [0.25, 0.3) is 0 Å². The van der Waals surface area contributed by atoms with Crippen LogP contribution >= 0.6 is 0 Å². The van der Waals surface area contributed by atoms with Gasteiger partial charge in [-0.05, 0) is 36.6 Å². The molecule has 1 saturated carbocycles. The second-order valence-corrected chi connectivity index (χ2v) is 5.16. The number of carboxylic acids is 1. The van der Waals surface area contributed by atoms with Gasteiger partial charge < -0.3 is 14.7 Å². The number of rotatable bonds is 3. The van der Waals surface area contributed by atoms with Crippen LogP contribution in [0.1, 0.15) is 18.4 Å². The van der Waals surface area contributed by atoms with Crippen LogP contribution in [0.4, 0.5) is 5.69 Å². The Morgan fingerprint density at radius 3 is 2.94 bits per heavy atom. The molecule has 4 heteroatoms. The predicted molar refractivity (Wildman–Crippen MR) is 68.2 cm³/mol. The summed E-state index contributed by atoms with van der Waals surface area (Å²) in [6, 6.07) is 6.59. The molecule has 0 saturated heterocycles. The maximum atomic E-state index is 10.8. The standard InChI is InChI=1S/C14H17NO3/c1-15(12-7-10(8-12)14(16)17)11-2-3-13-9(6-11)4-5-18-13/h2-3,6,10,12H,4-5,7-8H2,1H3,(H,16,17). The third-order valence-electron chi connectivity index (χ3n) is 4.09. The van der Waals surface area contributed by atoms with E-state index in [0.717, 1.165) is 37.3 Å². The van der Waals surface area contributed by atoms with Gasteiger partial charge in [0.25, 0.3) is 0 Å². The van der Waals surface area contributed by atoms with Crippen molar-refractivity contribution in [3.8, 4) is 5.75 Å². The first-order chi connectivity index (χ1) is 8.65. The van der Waals surface area contributed by atoms with E-state index in [4.69, 9.17) is 9.84 Å². The fraction of sp³-hybridized carbons (Fsp3) is 0.500. The minimum atomic E-state index is -0.665. The van der Waals surface area contributed by atoms with Gasteiger partial charge in [-0.15, -0.1) is 0 Å². The van der Waals surface area contributed by atoms with E-state index < -0.39 is 5.97 Å².